The molecule has 9 nitrogen and oxygen atoms in total. The van der Waals surface area contributed by atoms with Gasteiger partial charge in [0.2, 0.25) is 5.95 Å². The van der Waals surface area contributed by atoms with Crippen molar-refractivity contribution in [2.45, 2.75) is 32.4 Å². The molecule has 0 spiro atoms. The molecule has 1 saturated heterocycles. The Bertz CT molecular complexity index is 1240. The molecular weight excluding hydrogens is 501 g/mol. The first-order chi connectivity index (χ1) is 17.4. The van der Waals surface area contributed by atoms with Gasteiger partial charge in [-0.2, -0.15) is 4.98 Å². The first kappa shape index (κ1) is 24.7. The summed E-state index contributed by atoms with van der Waals surface area (Å²) in [6.07, 6.45) is 3.98. The van der Waals surface area contributed by atoms with Crippen LogP contribution in [0.2, 0.25) is 10.0 Å². The van der Waals surface area contributed by atoms with Crippen LogP contribution >= 0.6 is 23.2 Å². The van der Waals surface area contributed by atoms with Crippen molar-refractivity contribution in [1.29, 1.82) is 0 Å². The largest absolute Gasteiger partial charge is 0.378 e. The number of pyridine rings is 1. The lowest BCUT2D eigenvalue weighted by molar-refractivity contribution is 0.102. The summed E-state index contributed by atoms with van der Waals surface area (Å²) < 4.78 is 5.42. The number of ether oxygens (including phenoxy) is 1. The van der Waals surface area contributed by atoms with E-state index in [2.05, 4.69) is 35.8 Å². The van der Waals surface area contributed by atoms with Gasteiger partial charge in [-0.1, -0.05) is 23.2 Å². The second-order valence-corrected chi connectivity index (χ2v) is 9.71. The maximum Gasteiger partial charge on any atom is 0.258 e. The Kier molecular flexibility index (Phi) is 7.52. The van der Waals surface area contributed by atoms with Crippen molar-refractivity contribution >= 4 is 52.4 Å². The smallest absolute Gasteiger partial charge is 0.258 e. The van der Waals surface area contributed by atoms with Gasteiger partial charge in [0.15, 0.2) is 0 Å². The minimum Gasteiger partial charge on any atom is -0.378 e. The highest BCUT2D eigenvalue weighted by atomic mass is 35.5. The van der Waals surface area contributed by atoms with Crippen LogP contribution in [0.15, 0.2) is 36.5 Å². The fourth-order valence-electron chi connectivity index (χ4n) is 3.92. The quantitative estimate of drug-likeness (QED) is 0.391. The van der Waals surface area contributed by atoms with Crippen molar-refractivity contribution < 1.29 is 9.53 Å². The van der Waals surface area contributed by atoms with Gasteiger partial charge in [0.05, 0.1) is 28.8 Å². The number of halogens is 2. The van der Waals surface area contributed by atoms with E-state index in [4.69, 9.17) is 27.9 Å². The van der Waals surface area contributed by atoms with Gasteiger partial charge in [-0.3, -0.25) is 4.79 Å². The number of hydrogen-bond acceptors (Lipinski definition) is 8. The molecule has 11 heteroatoms. The maximum atomic E-state index is 13.0. The number of rotatable bonds is 8. The van der Waals surface area contributed by atoms with Crippen molar-refractivity contribution in [3.63, 3.8) is 0 Å². The summed E-state index contributed by atoms with van der Waals surface area (Å²) in [6.45, 7) is 5.37. The summed E-state index contributed by atoms with van der Waals surface area (Å²) in [5.74, 6) is 1.39. The van der Waals surface area contributed by atoms with Crippen molar-refractivity contribution in [3.05, 3.63) is 63.4 Å². The van der Waals surface area contributed by atoms with Crippen LogP contribution in [-0.2, 0) is 11.3 Å². The van der Waals surface area contributed by atoms with Crippen LogP contribution in [0.5, 0.6) is 0 Å². The Hall–Kier alpha value is -2.98. The van der Waals surface area contributed by atoms with E-state index < -0.39 is 5.91 Å². The van der Waals surface area contributed by atoms with Crippen LogP contribution in [0, 0.1) is 6.92 Å². The number of aryl methyl sites for hydroxylation is 1. The van der Waals surface area contributed by atoms with E-state index in [0.717, 1.165) is 24.3 Å². The standard InChI is InChI=1S/C25H27Cl2N7O2/c1-15-10-22(33-25(30-15)34-6-8-36-9-7-34)32-21-13-18(4-5-28-21)31-24(35)23-19(26)11-16(12-20(23)27)14-29-17-2-3-17/h4-5,10-13,17,29H,2-3,6-9,14H2,1H3,(H2,28,30,31,32,33,35). The van der Waals surface area contributed by atoms with E-state index in [9.17, 15) is 4.79 Å². The van der Waals surface area contributed by atoms with Crippen LogP contribution in [0.4, 0.5) is 23.3 Å². The topological polar surface area (TPSA) is 104 Å². The van der Waals surface area contributed by atoms with Gasteiger partial charge in [-0.25, -0.2) is 9.97 Å². The molecule has 1 aromatic carbocycles. The van der Waals surface area contributed by atoms with Gasteiger partial charge >= 0.3 is 0 Å². The SMILES string of the molecule is Cc1cc(Nc2cc(NC(=O)c3c(Cl)cc(CNC4CC4)cc3Cl)ccn2)nc(N2CCOCC2)n1. The van der Waals surface area contributed by atoms with E-state index in [-0.39, 0.29) is 5.56 Å². The number of morpholine rings is 1. The monoisotopic (exact) mass is 527 g/mol. The number of nitrogens with zero attached hydrogens (tertiary/aromatic N) is 4. The van der Waals surface area contributed by atoms with E-state index in [1.54, 1.807) is 30.5 Å². The summed E-state index contributed by atoms with van der Waals surface area (Å²) >= 11 is 12.9. The van der Waals surface area contributed by atoms with Gasteiger partial charge in [0, 0.05) is 55.4 Å². The minimum atomic E-state index is -0.392. The molecule has 188 valence electrons. The van der Waals surface area contributed by atoms with Gasteiger partial charge in [-0.15, -0.1) is 0 Å². The predicted molar refractivity (Wildman–Crippen MR) is 142 cm³/mol. The molecular formula is C25H27Cl2N7O2. The van der Waals surface area contributed by atoms with Crippen molar-refractivity contribution in [2.75, 3.05) is 41.8 Å². The Balaban J connectivity index is 1.28. The van der Waals surface area contributed by atoms with Gasteiger partial charge in [-0.05, 0) is 43.5 Å². The molecule has 0 unspecified atom stereocenters. The lowest BCUT2D eigenvalue weighted by atomic mass is 10.1. The molecule has 5 rings (SSSR count). The lowest BCUT2D eigenvalue weighted by Crippen LogP contribution is -2.37. The van der Waals surface area contributed by atoms with Gasteiger partial charge in [0.25, 0.3) is 5.91 Å². The zero-order valence-corrected chi connectivity index (χ0v) is 21.4. The minimum absolute atomic E-state index is 0.237. The molecule has 1 aliphatic heterocycles. The summed E-state index contributed by atoms with van der Waals surface area (Å²) in [5, 5.41) is 10.1. The average Bonchev–Trinajstić information content (AvgIpc) is 3.67. The first-order valence-corrected chi connectivity index (χ1v) is 12.6. The molecule has 2 aromatic heterocycles. The number of benzene rings is 1. The van der Waals surface area contributed by atoms with Gasteiger partial charge in [0.1, 0.15) is 11.6 Å². The summed E-state index contributed by atoms with van der Waals surface area (Å²) in [4.78, 5) is 28.6. The Morgan fingerprint density at radius 1 is 1.08 bits per heavy atom. The van der Waals surface area contributed by atoms with E-state index in [0.29, 0.717) is 59.1 Å². The number of amides is 1. The highest BCUT2D eigenvalue weighted by Crippen LogP contribution is 2.29. The van der Waals surface area contributed by atoms with Crippen LogP contribution in [0.25, 0.3) is 0 Å². The molecule has 2 fully saturated rings. The Labute approximate surface area is 219 Å². The molecule has 0 atom stereocenters. The normalized spacial score (nSPS) is 15.6. The van der Waals surface area contributed by atoms with Gasteiger partial charge < -0.3 is 25.6 Å². The van der Waals surface area contributed by atoms with E-state index in [1.165, 1.54) is 12.8 Å². The highest BCUT2D eigenvalue weighted by Gasteiger charge is 2.21. The third-order valence-electron chi connectivity index (χ3n) is 5.91. The molecule has 0 radical (unpaired) electrons. The number of carbonyl (C=O) groups excluding carboxylic acids is 1. The summed E-state index contributed by atoms with van der Waals surface area (Å²) in [5.41, 5.74) is 2.56. The number of aromatic nitrogens is 3. The predicted octanol–water partition coefficient (Wildman–Crippen LogP) is 4.57. The second kappa shape index (κ2) is 11.0. The summed E-state index contributed by atoms with van der Waals surface area (Å²) in [7, 11) is 0. The van der Waals surface area contributed by atoms with Crippen LogP contribution in [-0.4, -0.2) is 53.2 Å². The van der Waals surface area contributed by atoms with E-state index >= 15 is 0 Å². The second-order valence-electron chi connectivity index (χ2n) is 8.89. The molecule has 0 bridgehead atoms. The third-order valence-corrected chi connectivity index (χ3v) is 6.51. The molecule has 3 N–H and O–H groups in total. The molecule has 1 aliphatic carbocycles. The highest BCUT2D eigenvalue weighted by molar-refractivity contribution is 6.40. The van der Waals surface area contributed by atoms with Crippen molar-refractivity contribution in [2.24, 2.45) is 0 Å². The zero-order chi connectivity index (χ0) is 25.1. The molecule has 1 saturated carbocycles. The fourth-order valence-corrected chi connectivity index (χ4v) is 4.62. The number of anilines is 4. The average molecular weight is 528 g/mol. The maximum absolute atomic E-state index is 13.0. The van der Waals surface area contributed by atoms with Crippen LogP contribution < -0.4 is 20.9 Å². The molecule has 36 heavy (non-hydrogen) atoms. The zero-order valence-electron chi connectivity index (χ0n) is 19.9. The molecule has 2 aliphatic rings. The van der Waals surface area contributed by atoms with Crippen molar-refractivity contribution in [3.8, 4) is 0 Å². The Morgan fingerprint density at radius 2 is 1.83 bits per heavy atom. The van der Waals surface area contributed by atoms with Crippen LogP contribution in [0.1, 0.15) is 34.5 Å². The number of carbonyl (C=O) groups is 1. The summed E-state index contributed by atoms with van der Waals surface area (Å²) in [6, 6.07) is 9.39. The lowest BCUT2D eigenvalue weighted by Gasteiger charge is -2.27. The molecule has 3 heterocycles. The number of hydrogen-bond donors (Lipinski definition) is 3. The fraction of sp³-hybridized carbons (Fsp3) is 0.360. The molecule has 3 aromatic rings. The Morgan fingerprint density at radius 3 is 2.56 bits per heavy atom. The van der Waals surface area contributed by atoms with Crippen molar-refractivity contribution in [1.82, 2.24) is 20.3 Å². The number of nitrogens with one attached hydrogen (secondary N) is 3. The molecule has 1 amide bonds. The first-order valence-electron chi connectivity index (χ1n) is 11.9. The third kappa shape index (κ3) is 6.22. The van der Waals surface area contributed by atoms with Crippen LogP contribution in [0.3, 0.4) is 0 Å². The van der Waals surface area contributed by atoms with E-state index in [1.807, 2.05) is 13.0 Å².